The summed E-state index contributed by atoms with van der Waals surface area (Å²) in [5, 5.41) is 7.68. The minimum Gasteiger partial charge on any atom is -0.459 e. The van der Waals surface area contributed by atoms with Crippen LogP contribution in [0.25, 0.3) is 0 Å². The third-order valence-corrected chi connectivity index (χ3v) is 5.91. The summed E-state index contributed by atoms with van der Waals surface area (Å²) in [6, 6.07) is 1.86. The summed E-state index contributed by atoms with van der Waals surface area (Å²) in [6.07, 6.45) is 4.28. The van der Waals surface area contributed by atoms with Gasteiger partial charge in [-0.15, -0.1) is 0 Å². The minimum atomic E-state index is -0.174. The third kappa shape index (κ3) is 5.12. The fraction of sp³-hybridized carbons (Fsp3) is 0.609. The highest BCUT2D eigenvalue weighted by Gasteiger charge is 2.25. The number of aromatic nitrogens is 2. The fourth-order valence-corrected chi connectivity index (χ4v) is 4.14. The van der Waals surface area contributed by atoms with E-state index in [1.807, 2.05) is 18.7 Å². The molecule has 7 heteroatoms. The predicted molar refractivity (Wildman–Crippen MR) is 115 cm³/mol. The van der Waals surface area contributed by atoms with Crippen LogP contribution in [0.1, 0.15) is 66.2 Å². The second-order valence-electron chi connectivity index (χ2n) is 8.79. The van der Waals surface area contributed by atoms with E-state index in [0.29, 0.717) is 31.2 Å². The molecule has 1 saturated heterocycles. The van der Waals surface area contributed by atoms with Gasteiger partial charge in [0.15, 0.2) is 5.76 Å². The van der Waals surface area contributed by atoms with Crippen LogP contribution in [0.5, 0.6) is 0 Å². The number of carbonyl (C=O) groups excluding carboxylic acids is 2. The van der Waals surface area contributed by atoms with E-state index >= 15 is 0 Å². The molecule has 3 heterocycles. The number of likely N-dealkylation sites (tertiary alicyclic amines) is 1. The zero-order chi connectivity index (χ0) is 21.8. The van der Waals surface area contributed by atoms with Crippen molar-refractivity contribution >= 4 is 11.8 Å². The number of nitrogens with one attached hydrogen (secondary N) is 1. The molecule has 0 bridgehead atoms. The zero-order valence-electron chi connectivity index (χ0n) is 18.8. The maximum Gasteiger partial charge on any atom is 0.287 e. The Morgan fingerprint density at radius 2 is 1.93 bits per heavy atom. The van der Waals surface area contributed by atoms with Gasteiger partial charge in [0.1, 0.15) is 0 Å². The van der Waals surface area contributed by atoms with E-state index in [4.69, 9.17) is 4.42 Å². The van der Waals surface area contributed by atoms with Gasteiger partial charge in [0, 0.05) is 43.4 Å². The van der Waals surface area contributed by atoms with Gasteiger partial charge < -0.3 is 14.6 Å². The van der Waals surface area contributed by atoms with E-state index in [0.717, 1.165) is 37.1 Å². The van der Waals surface area contributed by atoms with Crippen molar-refractivity contribution in [3.8, 4) is 0 Å². The van der Waals surface area contributed by atoms with Crippen LogP contribution in [0, 0.1) is 26.7 Å². The molecule has 1 aliphatic heterocycles. The quantitative estimate of drug-likeness (QED) is 0.753. The molecule has 0 aromatic carbocycles. The average Bonchev–Trinajstić information content (AvgIpc) is 3.23. The van der Waals surface area contributed by atoms with Crippen LogP contribution in [0.4, 0.5) is 0 Å². The minimum absolute atomic E-state index is 0.0739. The van der Waals surface area contributed by atoms with Crippen LogP contribution in [0.2, 0.25) is 0 Å². The molecule has 7 nitrogen and oxygen atoms in total. The molecule has 0 aliphatic carbocycles. The van der Waals surface area contributed by atoms with E-state index in [2.05, 4.69) is 35.9 Å². The van der Waals surface area contributed by atoms with Gasteiger partial charge in [0.05, 0.1) is 12.0 Å². The van der Waals surface area contributed by atoms with Gasteiger partial charge in [-0.1, -0.05) is 13.8 Å². The Bertz CT molecular complexity index is 888. The van der Waals surface area contributed by atoms with Crippen molar-refractivity contribution in [1.29, 1.82) is 0 Å². The number of hydrogen-bond donors (Lipinski definition) is 1. The van der Waals surface area contributed by atoms with Gasteiger partial charge in [-0.25, -0.2) is 0 Å². The molecule has 1 aliphatic rings. The van der Waals surface area contributed by atoms with Gasteiger partial charge in [0.25, 0.3) is 5.91 Å². The number of rotatable bonds is 7. The number of carbonyl (C=O) groups is 2. The Morgan fingerprint density at radius 1 is 1.23 bits per heavy atom. The number of nitrogens with zero attached hydrogens (tertiary/aromatic N) is 3. The van der Waals surface area contributed by atoms with E-state index < -0.39 is 0 Å². The lowest BCUT2D eigenvalue weighted by atomic mass is 10.0. The highest BCUT2D eigenvalue weighted by atomic mass is 16.3. The summed E-state index contributed by atoms with van der Waals surface area (Å²) in [6.45, 7) is 12.6. The third-order valence-electron chi connectivity index (χ3n) is 5.91. The molecule has 0 unspecified atom stereocenters. The van der Waals surface area contributed by atoms with Gasteiger partial charge in [0.2, 0.25) is 5.91 Å². The molecular formula is C23H34N4O3. The van der Waals surface area contributed by atoms with Crippen LogP contribution in [-0.2, 0) is 17.8 Å². The molecule has 0 radical (unpaired) electrons. The maximum absolute atomic E-state index is 12.7. The van der Waals surface area contributed by atoms with Gasteiger partial charge >= 0.3 is 0 Å². The number of amides is 2. The highest BCUT2D eigenvalue weighted by molar-refractivity contribution is 5.93. The highest BCUT2D eigenvalue weighted by Crippen LogP contribution is 2.19. The molecule has 3 rings (SSSR count). The summed E-state index contributed by atoms with van der Waals surface area (Å²) in [4.78, 5) is 27.0. The van der Waals surface area contributed by atoms with Gasteiger partial charge in [-0.2, -0.15) is 5.10 Å². The molecule has 30 heavy (non-hydrogen) atoms. The van der Waals surface area contributed by atoms with Gasteiger partial charge in [-0.3, -0.25) is 14.3 Å². The smallest absolute Gasteiger partial charge is 0.287 e. The van der Waals surface area contributed by atoms with Crippen molar-refractivity contribution < 1.29 is 14.0 Å². The lowest BCUT2D eigenvalue weighted by Crippen LogP contribution is -2.46. The summed E-state index contributed by atoms with van der Waals surface area (Å²) < 4.78 is 7.32. The summed E-state index contributed by atoms with van der Waals surface area (Å²) in [5.74, 6) is 0.914. The normalized spacial score (nSPS) is 15.1. The standard InChI is InChI=1S/C23H34N4O3/c1-15(2)14-27-18(5)20(17(4)25-27)6-7-21(28)26-11-8-19(9-12-26)24-23(29)22-16(3)10-13-30-22/h10,13,15,19H,6-9,11-12,14H2,1-5H3,(H,24,29). The van der Waals surface area contributed by atoms with Crippen molar-refractivity contribution in [2.75, 3.05) is 13.1 Å². The molecule has 0 atom stereocenters. The number of hydrogen-bond acceptors (Lipinski definition) is 4. The molecular weight excluding hydrogens is 380 g/mol. The van der Waals surface area contributed by atoms with Crippen LogP contribution in [-0.4, -0.2) is 45.6 Å². The first-order chi connectivity index (χ1) is 14.3. The zero-order valence-corrected chi connectivity index (χ0v) is 18.8. The topological polar surface area (TPSA) is 80.4 Å². The number of piperidine rings is 1. The Hall–Kier alpha value is -2.57. The first-order valence-electron chi connectivity index (χ1n) is 10.9. The van der Waals surface area contributed by atoms with E-state index in [9.17, 15) is 9.59 Å². The van der Waals surface area contributed by atoms with Crippen LogP contribution in [0.15, 0.2) is 16.7 Å². The van der Waals surface area contributed by atoms with Crippen molar-refractivity contribution in [1.82, 2.24) is 20.0 Å². The molecule has 164 valence electrons. The van der Waals surface area contributed by atoms with Crippen LogP contribution >= 0.6 is 0 Å². The lowest BCUT2D eigenvalue weighted by Gasteiger charge is -2.32. The molecule has 2 aromatic heterocycles. The molecule has 1 fully saturated rings. The van der Waals surface area contributed by atoms with Crippen molar-refractivity contribution in [2.45, 2.75) is 72.9 Å². The summed E-state index contributed by atoms with van der Waals surface area (Å²) in [5.41, 5.74) is 4.22. The van der Waals surface area contributed by atoms with Crippen LogP contribution < -0.4 is 5.32 Å². The molecule has 1 N–H and O–H groups in total. The Morgan fingerprint density at radius 3 is 2.53 bits per heavy atom. The Balaban J connectivity index is 1.47. The van der Waals surface area contributed by atoms with Crippen molar-refractivity contribution in [3.63, 3.8) is 0 Å². The summed E-state index contributed by atoms with van der Waals surface area (Å²) in [7, 11) is 0. The van der Waals surface area contributed by atoms with Gasteiger partial charge in [-0.05, 0) is 57.6 Å². The summed E-state index contributed by atoms with van der Waals surface area (Å²) >= 11 is 0. The van der Waals surface area contributed by atoms with Crippen molar-refractivity contribution in [2.24, 2.45) is 5.92 Å². The fourth-order valence-electron chi connectivity index (χ4n) is 4.14. The van der Waals surface area contributed by atoms with Crippen molar-refractivity contribution in [3.05, 3.63) is 40.6 Å². The van der Waals surface area contributed by atoms with E-state index in [1.54, 1.807) is 6.07 Å². The lowest BCUT2D eigenvalue weighted by molar-refractivity contribution is -0.132. The van der Waals surface area contributed by atoms with E-state index in [1.165, 1.54) is 17.5 Å². The second kappa shape index (κ2) is 9.49. The molecule has 2 amide bonds. The molecule has 2 aromatic rings. The average molecular weight is 415 g/mol. The monoisotopic (exact) mass is 414 g/mol. The maximum atomic E-state index is 12.7. The predicted octanol–water partition coefficient (Wildman–Crippen LogP) is 3.41. The number of aryl methyl sites for hydroxylation is 2. The first kappa shape index (κ1) is 22.1. The second-order valence-corrected chi connectivity index (χ2v) is 8.79. The van der Waals surface area contributed by atoms with E-state index in [-0.39, 0.29) is 17.9 Å². The Labute approximate surface area is 178 Å². The first-order valence-corrected chi connectivity index (χ1v) is 10.9. The molecule has 0 saturated carbocycles. The molecule has 0 spiro atoms. The SMILES string of the molecule is Cc1ccoc1C(=O)NC1CCN(C(=O)CCc2c(C)nn(CC(C)C)c2C)CC1. The number of furan rings is 1. The largest absolute Gasteiger partial charge is 0.459 e. The Kier molecular flexibility index (Phi) is 7.00. The van der Waals surface area contributed by atoms with Crippen LogP contribution in [0.3, 0.4) is 0 Å².